The molecule has 16 heavy (non-hydrogen) atoms. The monoisotopic (exact) mass is 260 g/mol. The van der Waals surface area contributed by atoms with Gasteiger partial charge in [0.1, 0.15) is 10.6 Å². The number of hydrogen-bond donors (Lipinski definition) is 0. The van der Waals surface area contributed by atoms with Gasteiger partial charge in [0, 0.05) is 13.1 Å². The highest BCUT2D eigenvalue weighted by Crippen LogP contribution is 2.34. The molecular formula is C9H9ClN2O3S. The molecule has 0 amide bonds. The van der Waals surface area contributed by atoms with E-state index in [-0.39, 0.29) is 10.2 Å². The smallest absolute Gasteiger partial charge is 0.268 e. The van der Waals surface area contributed by atoms with E-state index < -0.39 is 10.0 Å². The Morgan fingerprint density at radius 3 is 2.75 bits per heavy atom. The van der Waals surface area contributed by atoms with Gasteiger partial charge in [-0.3, -0.25) is 0 Å². The number of fused-ring (bicyclic) bond motifs is 1. The van der Waals surface area contributed by atoms with Gasteiger partial charge in [-0.15, -0.1) is 0 Å². The summed E-state index contributed by atoms with van der Waals surface area (Å²) in [6.45, 7) is 0. The van der Waals surface area contributed by atoms with E-state index in [9.17, 15) is 8.42 Å². The molecule has 0 saturated carbocycles. The second-order valence-electron chi connectivity index (χ2n) is 3.19. The topological polar surface area (TPSA) is 59.0 Å². The van der Waals surface area contributed by atoms with Crippen LogP contribution in [-0.2, 0) is 10.0 Å². The lowest BCUT2D eigenvalue weighted by molar-refractivity contribution is 0.413. The van der Waals surface area contributed by atoms with Crippen molar-refractivity contribution >= 4 is 32.6 Å². The molecule has 2 rings (SSSR count). The zero-order chi connectivity index (χ0) is 11.9. The van der Waals surface area contributed by atoms with Crippen LogP contribution in [0.5, 0.6) is 5.75 Å². The standard InChI is InChI=1S/C9H9ClN2O3S/c1-12-9(10)11-7-4-3-6(15-2)5-8(7)16(12,13)14/h3-5H,1-2H3. The van der Waals surface area contributed by atoms with E-state index in [0.717, 1.165) is 4.31 Å². The van der Waals surface area contributed by atoms with E-state index in [2.05, 4.69) is 4.99 Å². The largest absolute Gasteiger partial charge is 0.497 e. The molecule has 1 aliphatic heterocycles. The van der Waals surface area contributed by atoms with Gasteiger partial charge in [-0.2, -0.15) is 0 Å². The number of ether oxygens (including phenoxy) is 1. The first kappa shape index (κ1) is 11.2. The van der Waals surface area contributed by atoms with Crippen LogP contribution in [0.15, 0.2) is 28.1 Å². The van der Waals surface area contributed by atoms with E-state index >= 15 is 0 Å². The van der Waals surface area contributed by atoms with Crippen molar-refractivity contribution in [1.82, 2.24) is 4.31 Å². The fourth-order valence-electron chi connectivity index (χ4n) is 1.34. The average Bonchev–Trinajstić information content (AvgIpc) is 2.26. The average molecular weight is 261 g/mol. The third-order valence-electron chi connectivity index (χ3n) is 2.28. The van der Waals surface area contributed by atoms with Crippen molar-refractivity contribution in [3.05, 3.63) is 18.2 Å². The van der Waals surface area contributed by atoms with E-state index in [4.69, 9.17) is 16.3 Å². The van der Waals surface area contributed by atoms with Gasteiger partial charge in [-0.05, 0) is 23.7 Å². The zero-order valence-electron chi connectivity index (χ0n) is 8.64. The number of rotatable bonds is 1. The number of methoxy groups -OCH3 is 1. The van der Waals surface area contributed by atoms with Gasteiger partial charge in [0.15, 0.2) is 0 Å². The van der Waals surface area contributed by atoms with Gasteiger partial charge in [0.25, 0.3) is 10.0 Å². The SMILES string of the molecule is COc1ccc2c(c1)S(=O)(=O)N(C)C(Cl)=N2. The van der Waals surface area contributed by atoms with Crippen molar-refractivity contribution in [3.63, 3.8) is 0 Å². The van der Waals surface area contributed by atoms with E-state index in [1.807, 2.05) is 0 Å². The molecule has 0 atom stereocenters. The molecule has 0 aliphatic carbocycles. The summed E-state index contributed by atoms with van der Waals surface area (Å²) in [5.74, 6) is 0.462. The summed E-state index contributed by atoms with van der Waals surface area (Å²) in [5.41, 5.74) is 0.323. The lowest BCUT2D eigenvalue weighted by atomic mass is 10.3. The van der Waals surface area contributed by atoms with Crippen molar-refractivity contribution in [2.45, 2.75) is 4.90 Å². The molecule has 0 saturated heterocycles. The highest BCUT2D eigenvalue weighted by atomic mass is 35.5. The molecule has 1 aliphatic rings. The van der Waals surface area contributed by atoms with Gasteiger partial charge < -0.3 is 4.74 Å². The number of aliphatic imine (C=N–C) groups is 1. The Labute approximate surface area is 98.4 Å². The molecule has 1 aromatic rings. The summed E-state index contributed by atoms with van der Waals surface area (Å²) < 4.78 is 29.9. The summed E-state index contributed by atoms with van der Waals surface area (Å²) in [7, 11) is -0.792. The Kier molecular flexibility index (Phi) is 2.55. The van der Waals surface area contributed by atoms with Crippen LogP contribution in [0.2, 0.25) is 0 Å². The van der Waals surface area contributed by atoms with E-state index in [1.54, 1.807) is 12.1 Å². The number of nitrogens with zero attached hydrogens (tertiary/aromatic N) is 2. The third-order valence-corrected chi connectivity index (χ3v) is 4.49. The Morgan fingerprint density at radius 1 is 1.44 bits per heavy atom. The summed E-state index contributed by atoms with van der Waals surface area (Å²) >= 11 is 5.72. The molecule has 0 N–H and O–H groups in total. The molecule has 0 radical (unpaired) electrons. The minimum Gasteiger partial charge on any atom is -0.497 e. The molecule has 0 unspecified atom stereocenters. The first-order valence-electron chi connectivity index (χ1n) is 4.38. The number of benzene rings is 1. The minimum atomic E-state index is -3.61. The van der Waals surface area contributed by atoms with Crippen molar-refractivity contribution in [1.29, 1.82) is 0 Å². The summed E-state index contributed by atoms with van der Waals surface area (Å²) in [6.07, 6.45) is 0. The predicted molar refractivity (Wildman–Crippen MR) is 60.9 cm³/mol. The fourth-order valence-corrected chi connectivity index (χ4v) is 2.88. The Morgan fingerprint density at radius 2 is 2.12 bits per heavy atom. The number of hydrogen-bond acceptors (Lipinski definition) is 4. The molecule has 7 heteroatoms. The zero-order valence-corrected chi connectivity index (χ0v) is 10.2. The quantitative estimate of drug-likeness (QED) is 0.720. The fraction of sp³-hybridized carbons (Fsp3) is 0.222. The molecular weight excluding hydrogens is 252 g/mol. The minimum absolute atomic E-state index is 0.0716. The van der Waals surface area contributed by atoms with Gasteiger partial charge in [0.2, 0.25) is 5.29 Å². The molecule has 0 spiro atoms. The summed E-state index contributed by atoms with van der Waals surface area (Å²) in [6, 6.07) is 4.61. The van der Waals surface area contributed by atoms with E-state index in [0.29, 0.717) is 11.4 Å². The number of amidine groups is 1. The molecule has 0 fully saturated rings. The van der Waals surface area contributed by atoms with Gasteiger partial charge >= 0.3 is 0 Å². The highest BCUT2D eigenvalue weighted by Gasteiger charge is 2.30. The van der Waals surface area contributed by atoms with Crippen LogP contribution in [-0.4, -0.2) is 32.2 Å². The highest BCUT2D eigenvalue weighted by molar-refractivity contribution is 7.90. The van der Waals surface area contributed by atoms with Crippen LogP contribution in [0.3, 0.4) is 0 Å². The maximum atomic E-state index is 12.0. The van der Waals surface area contributed by atoms with Crippen molar-refractivity contribution in [2.75, 3.05) is 14.2 Å². The summed E-state index contributed by atoms with van der Waals surface area (Å²) in [5, 5.41) is -0.0716. The molecule has 5 nitrogen and oxygen atoms in total. The molecule has 0 bridgehead atoms. The Balaban J connectivity index is 2.73. The normalized spacial score (nSPS) is 17.7. The van der Waals surface area contributed by atoms with Crippen LogP contribution >= 0.6 is 11.6 Å². The second-order valence-corrected chi connectivity index (χ2v) is 5.46. The lowest BCUT2D eigenvalue weighted by Crippen LogP contribution is -2.32. The third kappa shape index (κ3) is 1.54. The number of halogens is 1. The van der Waals surface area contributed by atoms with Crippen LogP contribution in [0, 0.1) is 0 Å². The van der Waals surface area contributed by atoms with E-state index in [1.165, 1.54) is 20.2 Å². The maximum Gasteiger partial charge on any atom is 0.268 e. The molecule has 0 aromatic heterocycles. The van der Waals surface area contributed by atoms with Crippen LogP contribution in [0.1, 0.15) is 0 Å². The van der Waals surface area contributed by atoms with Crippen LogP contribution in [0.25, 0.3) is 0 Å². The van der Waals surface area contributed by atoms with Crippen molar-refractivity contribution in [3.8, 4) is 5.75 Å². The van der Waals surface area contributed by atoms with Gasteiger partial charge in [-0.25, -0.2) is 17.7 Å². The van der Waals surface area contributed by atoms with Crippen molar-refractivity contribution < 1.29 is 13.2 Å². The maximum absolute atomic E-state index is 12.0. The van der Waals surface area contributed by atoms with Gasteiger partial charge in [-0.1, -0.05) is 0 Å². The van der Waals surface area contributed by atoms with Crippen LogP contribution < -0.4 is 4.74 Å². The summed E-state index contributed by atoms with van der Waals surface area (Å²) in [4.78, 5) is 4.07. The lowest BCUT2D eigenvalue weighted by Gasteiger charge is -2.22. The van der Waals surface area contributed by atoms with Crippen molar-refractivity contribution in [2.24, 2.45) is 4.99 Å². The first-order chi connectivity index (χ1) is 7.46. The molecule has 1 aromatic carbocycles. The Hall–Kier alpha value is -1.27. The first-order valence-corrected chi connectivity index (χ1v) is 6.20. The Bertz CT molecular complexity index is 568. The second kappa shape index (κ2) is 3.64. The van der Waals surface area contributed by atoms with Crippen LogP contribution in [0.4, 0.5) is 5.69 Å². The van der Waals surface area contributed by atoms with Gasteiger partial charge in [0.05, 0.1) is 12.8 Å². The predicted octanol–water partition coefficient (Wildman–Crippen LogP) is 1.56. The molecule has 1 heterocycles. The molecule has 86 valence electrons. The number of sulfonamides is 1.